The fourth-order valence-corrected chi connectivity index (χ4v) is 2.19. The lowest BCUT2D eigenvalue weighted by atomic mass is 9.97. The van der Waals surface area contributed by atoms with Crippen molar-refractivity contribution in [3.8, 4) is 0 Å². The first-order valence-electron chi connectivity index (χ1n) is 4.34. The van der Waals surface area contributed by atoms with Crippen molar-refractivity contribution < 1.29 is 5.11 Å². The zero-order chi connectivity index (χ0) is 7.90. The molecule has 0 aromatic carbocycles. The maximum Gasteiger partial charge on any atom is 0.0491 e. The summed E-state index contributed by atoms with van der Waals surface area (Å²) in [6, 6.07) is 0. The molecule has 1 aliphatic carbocycles. The predicted octanol–water partition coefficient (Wildman–Crippen LogP) is -0.175. The minimum Gasteiger partial charge on any atom is -0.396 e. The van der Waals surface area contributed by atoms with Gasteiger partial charge in [0.05, 0.1) is 0 Å². The van der Waals surface area contributed by atoms with Crippen molar-refractivity contribution in [1.29, 1.82) is 0 Å². The smallest absolute Gasteiger partial charge is 0.0491 e. The summed E-state index contributed by atoms with van der Waals surface area (Å²) in [5.74, 6) is 0.758. The molecule has 2 aliphatic rings. The lowest BCUT2D eigenvalue weighted by molar-refractivity contribution is 0.0947. The van der Waals surface area contributed by atoms with Crippen LogP contribution in [0.1, 0.15) is 12.8 Å². The molecule has 3 nitrogen and oxygen atoms in total. The number of hydrogen-bond acceptors (Lipinski definition) is 3. The molecule has 64 valence electrons. The van der Waals surface area contributed by atoms with Crippen molar-refractivity contribution in [3.63, 3.8) is 0 Å². The average molecular weight is 156 g/mol. The van der Waals surface area contributed by atoms with Crippen molar-refractivity contribution in [2.24, 2.45) is 11.3 Å². The van der Waals surface area contributed by atoms with Crippen LogP contribution in [-0.2, 0) is 0 Å². The van der Waals surface area contributed by atoms with Crippen molar-refractivity contribution in [2.75, 3.05) is 26.7 Å². The average Bonchev–Trinajstić information content (AvgIpc) is 2.77. The van der Waals surface area contributed by atoms with Crippen molar-refractivity contribution in [3.05, 3.63) is 0 Å². The molecule has 1 heterocycles. The molecule has 0 bridgehead atoms. The maximum atomic E-state index is 9.11. The van der Waals surface area contributed by atoms with E-state index >= 15 is 0 Å². The molecule has 1 saturated heterocycles. The Morgan fingerprint density at radius 1 is 1.73 bits per heavy atom. The Bertz CT molecular complexity index is 162. The number of fused-ring (bicyclic) bond motifs is 1. The van der Waals surface area contributed by atoms with E-state index in [-0.39, 0.29) is 0 Å². The lowest BCUT2D eigenvalue weighted by Crippen LogP contribution is -2.43. The Morgan fingerprint density at radius 3 is 3.09 bits per heavy atom. The van der Waals surface area contributed by atoms with E-state index in [1.807, 2.05) is 7.05 Å². The highest BCUT2D eigenvalue weighted by atomic mass is 16.3. The van der Waals surface area contributed by atoms with Crippen LogP contribution in [0.5, 0.6) is 0 Å². The van der Waals surface area contributed by atoms with Crippen molar-refractivity contribution in [1.82, 2.24) is 10.4 Å². The summed E-state index contributed by atoms with van der Waals surface area (Å²) < 4.78 is 0. The number of aliphatic hydroxyl groups excluding tert-OH is 1. The van der Waals surface area contributed by atoms with Gasteiger partial charge in [-0.3, -0.25) is 5.43 Å². The summed E-state index contributed by atoms with van der Waals surface area (Å²) in [6.07, 6.45) is 2.40. The summed E-state index contributed by atoms with van der Waals surface area (Å²) in [7, 11) is 1.97. The molecular formula is C8H16N2O. The van der Waals surface area contributed by atoms with Crippen molar-refractivity contribution in [2.45, 2.75) is 12.8 Å². The highest BCUT2D eigenvalue weighted by Gasteiger charge is 2.55. The first-order chi connectivity index (χ1) is 5.30. The van der Waals surface area contributed by atoms with E-state index < -0.39 is 0 Å². The summed E-state index contributed by atoms with van der Waals surface area (Å²) in [5, 5.41) is 11.4. The molecule has 1 aliphatic heterocycles. The molecule has 1 saturated carbocycles. The zero-order valence-corrected chi connectivity index (χ0v) is 7.01. The minimum absolute atomic E-state index is 0.341. The molecule has 11 heavy (non-hydrogen) atoms. The van der Waals surface area contributed by atoms with Crippen LogP contribution in [0.15, 0.2) is 0 Å². The van der Waals surface area contributed by atoms with Crippen LogP contribution in [0.25, 0.3) is 0 Å². The molecule has 2 rings (SSSR count). The topological polar surface area (TPSA) is 35.5 Å². The van der Waals surface area contributed by atoms with Gasteiger partial charge in [-0.15, -0.1) is 0 Å². The molecular weight excluding hydrogens is 140 g/mol. The lowest BCUT2D eigenvalue weighted by Gasteiger charge is -2.29. The normalized spacial score (nSPS) is 43.6. The fourth-order valence-electron chi connectivity index (χ4n) is 2.19. The van der Waals surface area contributed by atoms with Crippen LogP contribution in [0.3, 0.4) is 0 Å². The second kappa shape index (κ2) is 2.44. The first kappa shape index (κ1) is 7.53. The van der Waals surface area contributed by atoms with Gasteiger partial charge >= 0.3 is 0 Å². The van der Waals surface area contributed by atoms with Crippen LogP contribution < -0.4 is 5.43 Å². The number of nitrogens with one attached hydrogen (secondary N) is 1. The second-order valence-corrected chi connectivity index (χ2v) is 3.84. The van der Waals surface area contributed by atoms with E-state index in [4.69, 9.17) is 5.11 Å². The van der Waals surface area contributed by atoms with Gasteiger partial charge in [0.25, 0.3) is 0 Å². The Kier molecular flexibility index (Phi) is 1.67. The Balaban J connectivity index is 1.92. The molecule has 0 aromatic heterocycles. The molecule has 2 N–H and O–H groups in total. The predicted molar refractivity (Wildman–Crippen MR) is 42.9 cm³/mol. The molecule has 3 heteroatoms. The van der Waals surface area contributed by atoms with Gasteiger partial charge in [0.15, 0.2) is 0 Å². The number of hydrazine groups is 1. The van der Waals surface area contributed by atoms with Gasteiger partial charge in [0.2, 0.25) is 0 Å². The number of hydrogen-bond donors (Lipinski definition) is 2. The number of aliphatic hydroxyl groups is 1. The number of rotatable bonds is 2. The highest BCUT2D eigenvalue weighted by Crippen LogP contribution is 2.57. The Labute approximate surface area is 67.4 Å². The molecule has 0 radical (unpaired) electrons. The largest absolute Gasteiger partial charge is 0.396 e. The molecule has 0 spiro atoms. The van der Waals surface area contributed by atoms with Crippen LogP contribution in [0.4, 0.5) is 0 Å². The van der Waals surface area contributed by atoms with Gasteiger partial charge in [-0.05, 0) is 31.2 Å². The number of nitrogens with zero attached hydrogens (tertiary/aromatic N) is 1. The van der Waals surface area contributed by atoms with E-state index in [2.05, 4.69) is 10.4 Å². The monoisotopic (exact) mass is 156 g/mol. The third-order valence-electron chi connectivity index (χ3n) is 3.31. The first-order valence-corrected chi connectivity index (χ1v) is 4.34. The summed E-state index contributed by atoms with van der Waals surface area (Å²) >= 11 is 0. The van der Waals surface area contributed by atoms with Gasteiger partial charge in [0, 0.05) is 19.7 Å². The van der Waals surface area contributed by atoms with Gasteiger partial charge in [-0.25, -0.2) is 5.01 Å². The van der Waals surface area contributed by atoms with E-state index in [1.165, 1.54) is 6.42 Å². The van der Waals surface area contributed by atoms with Crippen LogP contribution in [-0.4, -0.2) is 36.9 Å². The zero-order valence-electron chi connectivity index (χ0n) is 7.01. The standard InChI is InChI=1S/C8H16N2O/c1-9-10-3-2-8(6-11)4-7(8)5-10/h7,9,11H,2-6H2,1H3. The molecule has 0 aromatic rings. The molecule has 0 amide bonds. The fraction of sp³-hybridized carbons (Fsp3) is 1.00. The summed E-state index contributed by atoms with van der Waals surface area (Å²) in [6.45, 7) is 2.61. The maximum absolute atomic E-state index is 9.11. The quantitative estimate of drug-likeness (QED) is 0.582. The van der Waals surface area contributed by atoms with Gasteiger partial charge in [-0.2, -0.15) is 0 Å². The highest BCUT2D eigenvalue weighted by molar-refractivity contribution is 5.05. The Morgan fingerprint density at radius 2 is 2.55 bits per heavy atom. The van der Waals surface area contributed by atoms with Crippen molar-refractivity contribution >= 4 is 0 Å². The van der Waals surface area contributed by atoms with E-state index in [9.17, 15) is 0 Å². The van der Waals surface area contributed by atoms with Gasteiger partial charge in [-0.1, -0.05) is 0 Å². The third kappa shape index (κ3) is 1.08. The SMILES string of the molecule is CNN1CCC2(CO)CC2C1. The Hall–Kier alpha value is -0.120. The molecule has 2 unspecified atom stereocenters. The van der Waals surface area contributed by atoms with Gasteiger partial charge < -0.3 is 5.11 Å². The molecule has 2 fully saturated rings. The summed E-state index contributed by atoms with van der Waals surface area (Å²) in [4.78, 5) is 0. The molecule has 2 atom stereocenters. The van der Waals surface area contributed by atoms with Crippen LogP contribution in [0.2, 0.25) is 0 Å². The van der Waals surface area contributed by atoms with Crippen LogP contribution >= 0.6 is 0 Å². The summed E-state index contributed by atoms with van der Waals surface area (Å²) in [5.41, 5.74) is 3.49. The van der Waals surface area contributed by atoms with Gasteiger partial charge in [0.1, 0.15) is 0 Å². The van der Waals surface area contributed by atoms with Crippen LogP contribution in [0, 0.1) is 11.3 Å². The van der Waals surface area contributed by atoms with E-state index in [1.54, 1.807) is 0 Å². The number of piperidine rings is 1. The third-order valence-corrected chi connectivity index (χ3v) is 3.31. The van der Waals surface area contributed by atoms with E-state index in [0.717, 1.165) is 25.4 Å². The minimum atomic E-state index is 0.341. The second-order valence-electron chi connectivity index (χ2n) is 3.84. The van der Waals surface area contributed by atoms with E-state index in [0.29, 0.717) is 12.0 Å².